The average Bonchev–Trinajstić information content (AvgIpc) is 3.14. The zero-order valence-corrected chi connectivity index (χ0v) is 18.4. The Morgan fingerprint density at radius 3 is 3.00 bits per heavy atom. The number of fused-ring (bicyclic) bond motifs is 2. The summed E-state index contributed by atoms with van der Waals surface area (Å²) in [5.74, 6) is 1.27. The first kappa shape index (κ1) is 20.6. The van der Waals surface area contributed by atoms with Gasteiger partial charge >= 0.3 is 0 Å². The van der Waals surface area contributed by atoms with Crippen LogP contribution in [0.15, 0.2) is 29.3 Å². The summed E-state index contributed by atoms with van der Waals surface area (Å²) in [4.78, 5) is 21.5. The van der Waals surface area contributed by atoms with E-state index in [-0.39, 0.29) is 5.91 Å². The molecule has 1 aromatic carbocycles. The van der Waals surface area contributed by atoms with Gasteiger partial charge in [-0.1, -0.05) is 11.3 Å². The summed E-state index contributed by atoms with van der Waals surface area (Å²) in [6.45, 7) is 2.55. The predicted octanol–water partition coefficient (Wildman–Crippen LogP) is 4.96. The van der Waals surface area contributed by atoms with E-state index >= 15 is 0 Å². The van der Waals surface area contributed by atoms with Gasteiger partial charge in [-0.05, 0) is 62.4 Å². The van der Waals surface area contributed by atoms with Crippen molar-refractivity contribution in [2.24, 2.45) is 0 Å². The Balaban J connectivity index is 1.35. The lowest BCUT2D eigenvalue weighted by molar-refractivity contribution is -0.115. The molecule has 1 N–H and O–H groups in total. The Morgan fingerprint density at radius 2 is 2.17 bits per heavy atom. The highest BCUT2D eigenvalue weighted by atomic mass is 32.2. The van der Waals surface area contributed by atoms with E-state index in [0.29, 0.717) is 29.5 Å². The number of thioether (sulfide) groups is 1. The number of thiazole rings is 1. The van der Waals surface area contributed by atoms with E-state index in [1.54, 1.807) is 0 Å². The van der Waals surface area contributed by atoms with Crippen LogP contribution in [0.25, 0.3) is 10.2 Å². The van der Waals surface area contributed by atoms with Crippen LogP contribution in [0.1, 0.15) is 43.0 Å². The fourth-order valence-corrected chi connectivity index (χ4v) is 5.27. The predicted molar refractivity (Wildman–Crippen MR) is 120 cm³/mol. The maximum atomic E-state index is 12.4. The fraction of sp³-hybridized carbons (Fsp3) is 0.364. The first-order valence-corrected chi connectivity index (χ1v) is 11.9. The maximum absolute atomic E-state index is 12.4. The third-order valence-electron chi connectivity index (χ3n) is 4.87. The van der Waals surface area contributed by atoms with Crippen molar-refractivity contribution in [3.63, 3.8) is 0 Å². The highest BCUT2D eigenvalue weighted by Crippen LogP contribution is 2.30. The number of carbonyl (C=O) groups is 1. The molecule has 154 valence electrons. The molecule has 4 rings (SSSR count). The highest BCUT2D eigenvalue weighted by Gasteiger charge is 2.16. The van der Waals surface area contributed by atoms with E-state index < -0.39 is 0 Å². The molecule has 6 nitrogen and oxygen atoms in total. The lowest BCUT2D eigenvalue weighted by Crippen LogP contribution is -2.12. The second-order valence-corrected chi connectivity index (χ2v) is 9.11. The minimum Gasteiger partial charge on any atom is -0.494 e. The molecular formula is C22H22N4O2S2. The van der Waals surface area contributed by atoms with Gasteiger partial charge in [-0.25, -0.2) is 9.97 Å². The third-order valence-corrected chi connectivity index (χ3v) is 6.80. The number of hydrogen-bond donors (Lipinski definition) is 1. The molecule has 0 saturated heterocycles. The molecule has 0 atom stereocenters. The van der Waals surface area contributed by atoms with Crippen molar-refractivity contribution in [1.29, 1.82) is 5.26 Å². The third kappa shape index (κ3) is 4.74. The van der Waals surface area contributed by atoms with E-state index in [1.165, 1.54) is 28.7 Å². The molecule has 2 heterocycles. The number of hydrogen-bond acceptors (Lipinski definition) is 7. The van der Waals surface area contributed by atoms with Crippen LogP contribution in [0.4, 0.5) is 5.13 Å². The van der Waals surface area contributed by atoms with Gasteiger partial charge in [-0.15, -0.1) is 11.8 Å². The first-order valence-electron chi connectivity index (χ1n) is 10.0. The fourth-order valence-electron chi connectivity index (χ4n) is 3.44. The summed E-state index contributed by atoms with van der Waals surface area (Å²) < 4.78 is 6.49. The zero-order valence-electron chi connectivity index (χ0n) is 16.7. The number of amides is 1. The molecule has 1 aliphatic carbocycles. The molecule has 0 aliphatic heterocycles. The molecule has 0 radical (unpaired) electrons. The molecular weight excluding hydrogens is 416 g/mol. The molecule has 0 unspecified atom stereocenters. The van der Waals surface area contributed by atoms with E-state index in [0.717, 1.165) is 52.4 Å². The number of aryl methyl sites for hydroxylation is 2. The number of pyridine rings is 1. The molecule has 0 fully saturated rings. The summed E-state index contributed by atoms with van der Waals surface area (Å²) in [6, 6.07) is 9.94. The van der Waals surface area contributed by atoms with Gasteiger partial charge in [0.05, 0.1) is 22.4 Å². The Labute approximate surface area is 183 Å². The largest absolute Gasteiger partial charge is 0.494 e. The molecule has 3 aromatic rings. The average molecular weight is 439 g/mol. The standard InChI is InChI=1S/C22H22N4O2S2/c1-2-28-16-7-8-18-19(12-16)30-22(25-18)26-20(27)9-10-29-21-15(13-23)11-14-5-3-4-6-17(14)24-21/h7-8,11-12H,2-6,9-10H2,1H3,(H,25,26,27). The number of benzene rings is 1. The summed E-state index contributed by atoms with van der Waals surface area (Å²) in [5.41, 5.74) is 3.75. The quantitative estimate of drug-likeness (QED) is 0.525. The van der Waals surface area contributed by atoms with E-state index in [2.05, 4.69) is 16.4 Å². The number of nitriles is 1. The number of nitrogens with one attached hydrogen (secondary N) is 1. The molecule has 2 aromatic heterocycles. The Bertz CT molecular complexity index is 1120. The monoisotopic (exact) mass is 438 g/mol. The van der Waals surface area contributed by atoms with E-state index in [9.17, 15) is 10.1 Å². The number of carbonyl (C=O) groups excluding carboxylic acids is 1. The lowest BCUT2D eigenvalue weighted by Gasteiger charge is -2.16. The zero-order chi connectivity index (χ0) is 20.9. The summed E-state index contributed by atoms with van der Waals surface area (Å²) >= 11 is 2.90. The number of anilines is 1. The van der Waals surface area contributed by atoms with Crippen molar-refractivity contribution in [2.75, 3.05) is 17.7 Å². The van der Waals surface area contributed by atoms with Crippen LogP contribution in [0, 0.1) is 11.3 Å². The van der Waals surface area contributed by atoms with Crippen molar-refractivity contribution < 1.29 is 9.53 Å². The highest BCUT2D eigenvalue weighted by molar-refractivity contribution is 7.99. The summed E-state index contributed by atoms with van der Waals surface area (Å²) in [5, 5.41) is 13.6. The SMILES string of the molecule is CCOc1ccc2nc(NC(=O)CCSc3nc4c(cc3C#N)CCCC4)sc2c1. The van der Waals surface area contributed by atoms with Crippen LogP contribution in [-0.2, 0) is 17.6 Å². The van der Waals surface area contributed by atoms with Crippen molar-refractivity contribution in [3.8, 4) is 11.8 Å². The molecule has 0 bridgehead atoms. The first-order chi connectivity index (χ1) is 14.7. The van der Waals surface area contributed by atoms with Crippen molar-refractivity contribution in [1.82, 2.24) is 9.97 Å². The van der Waals surface area contributed by atoms with Gasteiger partial charge in [0.25, 0.3) is 0 Å². The number of ether oxygens (including phenoxy) is 1. The number of nitrogens with zero attached hydrogens (tertiary/aromatic N) is 3. The maximum Gasteiger partial charge on any atom is 0.226 e. The van der Waals surface area contributed by atoms with Crippen LogP contribution in [0.5, 0.6) is 5.75 Å². The molecule has 0 saturated carbocycles. The van der Waals surface area contributed by atoms with E-state index in [4.69, 9.17) is 9.72 Å². The van der Waals surface area contributed by atoms with Crippen LogP contribution >= 0.6 is 23.1 Å². The van der Waals surface area contributed by atoms with Gasteiger partial charge in [0, 0.05) is 17.9 Å². The Hall–Kier alpha value is -2.63. The molecule has 0 spiro atoms. The number of aromatic nitrogens is 2. The molecule has 30 heavy (non-hydrogen) atoms. The van der Waals surface area contributed by atoms with Gasteiger partial charge in [-0.3, -0.25) is 4.79 Å². The second kappa shape index (κ2) is 9.45. The smallest absolute Gasteiger partial charge is 0.226 e. The van der Waals surface area contributed by atoms with Crippen molar-refractivity contribution >= 4 is 44.4 Å². The number of rotatable bonds is 7. The molecule has 1 aliphatic rings. The van der Waals surface area contributed by atoms with Crippen LogP contribution in [-0.4, -0.2) is 28.2 Å². The van der Waals surface area contributed by atoms with Crippen LogP contribution in [0.3, 0.4) is 0 Å². The van der Waals surface area contributed by atoms with Gasteiger partial charge in [0.1, 0.15) is 16.8 Å². The van der Waals surface area contributed by atoms with Crippen molar-refractivity contribution in [2.45, 2.75) is 44.1 Å². The minimum atomic E-state index is -0.0944. The Morgan fingerprint density at radius 1 is 1.30 bits per heavy atom. The molecule has 1 amide bonds. The van der Waals surface area contributed by atoms with Gasteiger partial charge < -0.3 is 10.1 Å². The Kier molecular flexibility index (Phi) is 6.50. The van der Waals surface area contributed by atoms with E-state index in [1.807, 2.05) is 31.2 Å². The summed E-state index contributed by atoms with van der Waals surface area (Å²) in [6.07, 6.45) is 4.60. The van der Waals surface area contributed by atoms with Crippen LogP contribution < -0.4 is 10.1 Å². The minimum absolute atomic E-state index is 0.0944. The lowest BCUT2D eigenvalue weighted by atomic mass is 9.95. The second-order valence-electron chi connectivity index (χ2n) is 6.99. The molecule has 8 heteroatoms. The summed E-state index contributed by atoms with van der Waals surface area (Å²) in [7, 11) is 0. The van der Waals surface area contributed by atoms with Gasteiger partial charge in [-0.2, -0.15) is 5.26 Å². The van der Waals surface area contributed by atoms with Crippen LogP contribution in [0.2, 0.25) is 0 Å². The van der Waals surface area contributed by atoms with Crippen molar-refractivity contribution in [3.05, 3.63) is 41.1 Å². The van der Waals surface area contributed by atoms with Gasteiger partial charge in [0.15, 0.2) is 5.13 Å². The topological polar surface area (TPSA) is 87.9 Å². The van der Waals surface area contributed by atoms with Gasteiger partial charge in [0.2, 0.25) is 5.91 Å². The normalized spacial score (nSPS) is 12.9.